The molecule has 2 aliphatic rings. The maximum atomic E-state index is 14.1. The quantitative estimate of drug-likeness (QED) is 0.176. The van der Waals surface area contributed by atoms with Crippen molar-refractivity contribution in [1.29, 1.82) is 0 Å². The van der Waals surface area contributed by atoms with E-state index in [1.54, 1.807) is 24.4 Å². The number of ketones is 1. The third-order valence-electron chi connectivity index (χ3n) is 8.10. The Morgan fingerprint density at radius 3 is 2.54 bits per heavy atom. The largest absolute Gasteiger partial charge is 0.398 e. The number of nitrogen functional groups attached to an aromatic ring is 1. The van der Waals surface area contributed by atoms with Gasteiger partial charge in [-0.25, -0.2) is 0 Å². The van der Waals surface area contributed by atoms with Gasteiger partial charge in [0, 0.05) is 40.5 Å². The number of Topliss-reactive ketones (excluding diaryl/α,β-unsaturated/α-hetero) is 1. The molecule has 2 heterocycles. The zero-order chi connectivity index (χ0) is 28.9. The standard InChI is InChI=1S/C31H30N6O3S/c1-2-23(38)36-18-8-9-19(15-18)37-30(40)28-25-24-20(10-11-21(32)27(24)41-28)31(34,29(39)26(25)33)17-12-13-35-22(14-17)16-6-4-3-5-7-16/h2-7,10-14,18-19,26H,1,8-9,15,32-34H2,(H,36,38)(H,37,40)/t18-,19-,26?,31?/m1/s1. The smallest absolute Gasteiger partial charge is 0.261 e. The van der Waals surface area contributed by atoms with E-state index in [4.69, 9.17) is 17.2 Å². The van der Waals surface area contributed by atoms with E-state index in [-0.39, 0.29) is 23.9 Å². The molecular formula is C31H30N6O3S. The van der Waals surface area contributed by atoms with Gasteiger partial charge in [0.25, 0.3) is 5.91 Å². The van der Waals surface area contributed by atoms with Crippen LogP contribution in [0.2, 0.25) is 0 Å². The third kappa shape index (κ3) is 4.40. The predicted molar refractivity (Wildman–Crippen MR) is 160 cm³/mol. The second kappa shape index (κ2) is 10.2. The summed E-state index contributed by atoms with van der Waals surface area (Å²) in [5.41, 5.74) is 22.1. The number of nitrogens with two attached hydrogens (primary N) is 3. The van der Waals surface area contributed by atoms with E-state index in [0.29, 0.717) is 55.9 Å². The number of hydrogen-bond acceptors (Lipinski definition) is 8. The van der Waals surface area contributed by atoms with Crippen molar-refractivity contribution in [2.24, 2.45) is 11.5 Å². The molecule has 2 aromatic heterocycles. The Bertz CT molecular complexity index is 1720. The van der Waals surface area contributed by atoms with Gasteiger partial charge in [0.15, 0.2) is 5.78 Å². The van der Waals surface area contributed by atoms with Gasteiger partial charge in [-0.2, -0.15) is 0 Å². The first-order valence-electron chi connectivity index (χ1n) is 13.4. The van der Waals surface area contributed by atoms with Crippen LogP contribution in [0.25, 0.3) is 21.3 Å². The summed E-state index contributed by atoms with van der Waals surface area (Å²) < 4.78 is 0.667. The third-order valence-corrected chi connectivity index (χ3v) is 9.36. The summed E-state index contributed by atoms with van der Waals surface area (Å²) in [7, 11) is 0. The summed E-state index contributed by atoms with van der Waals surface area (Å²) in [6.07, 6.45) is 4.92. The Labute approximate surface area is 240 Å². The van der Waals surface area contributed by atoms with E-state index in [1.165, 1.54) is 17.4 Å². The lowest BCUT2D eigenvalue weighted by Crippen LogP contribution is -2.52. The first-order chi connectivity index (χ1) is 19.7. The Morgan fingerprint density at radius 1 is 1.07 bits per heavy atom. The van der Waals surface area contributed by atoms with E-state index in [0.717, 1.165) is 12.0 Å². The molecule has 9 nitrogen and oxygen atoms in total. The lowest BCUT2D eigenvalue weighted by atomic mass is 9.70. The minimum atomic E-state index is -1.57. The fourth-order valence-corrected chi connectivity index (χ4v) is 7.25. The average molecular weight is 567 g/mol. The molecule has 8 N–H and O–H groups in total. The number of aromatic nitrogens is 1. The normalized spacial score (nSPS) is 23.4. The Balaban J connectivity index is 1.40. The molecule has 2 amide bonds. The molecule has 0 aliphatic heterocycles. The zero-order valence-electron chi connectivity index (χ0n) is 22.2. The lowest BCUT2D eigenvalue weighted by molar-refractivity contribution is -0.124. The topological polar surface area (TPSA) is 166 Å². The van der Waals surface area contributed by atoms with Crippen LogP contribution in [-0.2, 0) is 15.1 Å². The molecule has 4 atom stereocenters. The van der Waals surface area contributed by atoms with Crippen LogP contribution in [0.15, 0.2) is 73.4 Å². The second-order valence-electron chi connectivity index (χ2n) is 10.6. The monoisotopic (exact) mass is 566 g/mol. The van der Waals surface area contributed by atoms with Gasteiger partial charge in [0.1, 0.15) is 5.54 Å². The summed E-state index contributed by atoms with van der Waals surface area (Å²) in [6.45, 7) is 3.49. The second-order valence-corrected chi connectivity index (χ2v) is 11.6. The van der Waals surface area contributed by atoms with Crippen molar-refractivity contribution in [3.8, 4) is 11.3 Å². The molecule has 0 saturated heterocycles. The van der Waals surface area contributed by atoms with Crippen molar-refractivity contribution in [2.45, 2.75) is 42.9 Å². The number of thiophene rings is 1. The van der Waals surface area contributed by atoms with Gasteiger partial charge in [-0.15, -0.1) is 11.3 Å². The zero-order valence-corrected chi connectivity index (χ0v) is 23.0. The van der Waals surface area contributed by atoms with Crippen molar-refractivity contribution < 1.29 is 14.4 Å². The van der Waals surface area contributed by atoms with Crippen LogP contribution < -0.4 is 27.8 Å². The number of pyridine rings is 1. The highest BCUT2D eigenvalue weighted by Crippen LogP contribution is 2.49. The number of rotatable bonds is 6. The molecule has 4 aromatic rings. The van der Waals surface area contributed by atoms with Crippen molar-refractivity contribution in [1.82, 2.24) is 15.6 Å². The number of nitrogens with zero attached hydrogens (tertiary/aromatic N) is 1. The van der Waals surface area contributed by atoms with E-state index < -0.39 is 17.4 Å². The van der Waals surface area contributed by atoms with Crippen molar-refractivity contribution >= 4 is 44.7 Å². The number of nitrogens with one attached hydrogen (secondary N) is 2. The fourth-order valence-electron chi connectivity index (χ4n) is 6.04. The molecule has 2 unspecified atom stereocenters. The van der Waals surface area contributed by atoms with Crippen LogP contribution in [0.4, 0.5) is 5.69 Å². The minimum absolute atomic E-state index is 0.0448. The van der Waals surface area contributed by atoms with Gasteiger partial charge in [0.2, 0.25) is 5.91 Å². The van der Waals surface area contributed by atoms with Crippen molar-refractivity contribution in [3.05, 3.63) is 95.0 Å². The highest BCUT2D eigenvalue weighted by atomic mass is 32.1. The number of carbonyl (C=O) groups is 3. The van der Waals surface area contributed by atoms with Crippen LogP contribution in [0.1, 0.15) is 51.7 Å². The van der Waals surface area contributed by atoms with Crippen molar-refractivity contribution in [2.75, 3.05) is 5.73 Å². The van der Waals surface area contributed by atoms with E-state index in [1.807, 2.05) is 36.4 Å². The molecule has 0 spiro atoms. The van der Waals surface area contributed by atoms with E-state index >= 15 is 0 Å². The van der Waals surface area contributed by atoms with Gasteiger partial charge < -0.3 is 27.8 Å². The molecule has 0 bridgehead atoms. The summed E-state index contributed by atoms with van der Waals surface area (Å²) >= 11 is 1.22. The molecule has 10 heteroatoms. The van der Waals surface area contributed by atoms with Crippen LogP contribution in [-0.4, -0.2) is 34.7 Å². The number of anilines is 1. The number of carbonyl (C=O) groups excluding carboxylic acids is 3. The maximum absolute atomic E-state index is 14.1. The first kappa shape index (κ1) is 26.8. The summed E-state index contributed by atoms with van der Waals surface area (Å²) in [5.74, 6) is -0.976. The summed E-state index contributed by atoms with van der Waals surface area (Å²) in [4.78, 5) is 44.3. The van der Waals surface area contributed by atoms with Crippen molar-refractivity contribution in [3.63, 3.8) is 0 Å². The Kier molecular flexibility index (Phi) is 6.69. The van der Waals surface area contributed by atoms with E-state index in [2.05, 4.69) is 22.2 Å². The summed E-state index contributed by atoms with van der Waals surface area (Å²) in [6, 6.07) is 15.3. The van der Waals surface area contributed by atoms with E-state index in [9.17, 15) is 14.4 Å². The molecule has 41 heavy (non-hydrogen) atoms. The Hall–Kier alpha value is -4.38. The predicted octanol–water partition coefficient (Wildman–Crippen LogP) is 3.28. The van der Waals surface area contributed by atoms with Gasteiger partial charge >= 0.3 is 0 Å². The first-order valence-corrected chi connectivity index (χ1v) is 14.2. The van der Waals surface area contributed by atoms with Gasteiger partial charge in [-0.3, -0.25) is 19.4 Å². The van der Waals surface area contributed by atoms with Gasteiger partial charge in [-0.05, 0) is 54.7 Å². The van der Waals surface area contributed by atoms with Crippen LogP contribution in [0, 0.1) is 0 Å². The molecule has 0 radical (unpaired) electrons. The van der Waals surface area contributed by atoms with Gasteiger partial charge in [-0.1, -0.05) is 43.0 Å². The van der Waals surface area contributed by atoms with Crippen LogP contribution >= 0.6 is 11.3 Å². The SMILES string of the molecule is C=CC(=O)N[C@@H]1CC[C@@H](NC(=O)c2sc3c(N)ccc4c3c2C(N)C(=O)C4(N)c2ccnc(-c3ccccc3)c2)C1. The molecule has 2 aromatic carbocycles. The van der Waals surface area contributed by atoms with Crippen LogP contribution in [0.5, 0.6) is 0 Å². The lowest BCUT2D eigenvalue weighted by Gasteiger charge is -2.36. The highest BCUT2D eigenvalue weighted by Gasteiger charge is 2.49. The number of amides is 2. The molecule has 6 rings (SSSR count). The minimum Gasteiger partial charge on any atom is -0.398 e. The molecule has 1 fully saturated rings. The number of hydrogen-bond donors (Lipinski definition) is 5. The molecule has 2 aliphatic carbocycles. The Morgan fingerprint density at radius 2 is 1.80 bits per heavy atom. The number of benzene rings is 2. The molecule has 1 saturated carbocycles. The summed E-state index contributed by atoms with van der Waals surface area (Å²) in [5, 5.41) is 6.61. The average Bonchev–Trinajstić information content (AvgIpc) is 3.61. The van der Waals surface area contributed by atoms with Gasteiger partial charge in [0.05, 0.1) is 21.3 Å². The maximum Gasteiger partial charge on any atom is 0.261 e. The molecule has 208 valence electrons. The highest BCUT2D eigenvalue weighted by molar-refractivity contribution is 7.21. The fraction of sp³-hybridized carbons (Fsp3) is 0.226. The van der Waals surface area contributed by atoms with Crippen LogP contribution in [0.3, 0.4) is 0 Å². The molecular weight excluding hydrogens is 536 g/mol.